The molecule has 4 nitrogen and oxygen atoms in total. The molecule has 0 radical (unpaired) electrons. The van der Waals surface area contributed by atoms with Crippen molar-refractivity contribution in [1.29, 1.82) is 0 Å². The molecule has 0 N–H and O–H groups in total. The van der Waals surface area contributed by atoms with Gasteiger partial charge in [0.25, 0.3) is 0 Å². The largest absolute Gasteiger partial charge is 0.463 e. The van der Waals surface area contributed by atoms with E-state index >= 15 is 0 Å². The van der Waals surface area contributed by atoms with Gasteiger partial charge in [-0.2, -0.15) is 0 Å². The van der Waals surface area contributed by atoms with Gasteiger partial charge >= 0.3 is 11.9 Å². The van der Waals surface area contributed by atoms with Gasteiger partial charge in [0.15, 0.2) is 0 Å². The van der Waals surface area contributed by atoms with Crippen molar-refractivity contribution in [2.75, 3.05) is 6.61 Å². The first-order valence-electron chi connectivity index (χ1n) is 6.11. The first-order valence-corrected chi connectivity index (χ1v) is 6.11. The lowest BCUT2D eigenvalue weighted by Gasteiger charge is -2.04. The molecule has 0 aliphatic rings. The van der Waals surface area contributed by atoms with Crippen molar-refractivity contribution in [3.8, 4) is 0 Å². The summed E-state index contributed by atoms with van der Waals surface area (Å²) in [6.07, 6.45) is 6.23. The Morgan fingerprint density at radius 1 is 1.06 bits per heavy atom. The van der Waals surface area contributed by atoms with Gasteiger partial charge in [-0.3, -0.25) is 0 Å². The summed E-state index contributed by atoms with van der Waals surface area (Å²) in [5.74, 6) is -1.02. The van der Waals surface area contributed by atoms with Crippen LogP contribution in [-0.2, 0) is 19.1 Å². The molecule has 0 bridgehead atoms. The number of esters is 2. The summed E-state index contributed by atoms with van der Waals surface area (Å²) in [5.41, 5.74) is 0. The zero-order chi connectivity index (χ0) is 13.1. The zero-order valence-electron chi connectivity index (χ0n) is 10.9. The van der Waals surface area contributed by atoms with Crippen LogP contribution in [0.25, 0.3) is 0 Å². The molecule has 0 rings (SSSR count). The Bertz CT molecular complexity index is 256. The van der Waals surface area contributed by atoms with Gasteiger partial charge in [-0.05, 0) is 20.3 Å². The van der Waals surface area contributed by atoms with E-state index in [-0.39, 0.29) is 6.10 Å². The van der Waals surface area contributed by atoms with Crippen molar-refractivity contribution >= 4 is 11.9 Å². The number of hydrogen-bond donors (Lipinski definition) is 0. The third-order valence-electron chi connectivity index (χ3n) is 1.95. The lowest BCUT2D eigenvalue weighted by molar-refractivity contribution is -0.142. The first kappa shape index (κ1) is 15.7. The quantitative estimate of drug-likeness (QED) is 0.373. The van der Waals surface area contributed by atoms with Crippen LogP contribution in [-0.4, -0.2) is 24.6 Å². The molecular weight excluding hydrogens is 220 g/mol. The van der Waals surface area contributed by atoms with Crippen LogP contribution >= 0.6 is 0 Å². The molecule has 0 unspecified atom stereocenters. The van der Waals surface area contributed by atoms with Crippen molar-refractivity contribution in [1.82, 2.24) is 0 Å². The molecule has 0 atom stereocenters. The summed E-state index contributed by atoms with van der Waals surface area (Å²) in [7, 11) is 0. The molecule has 0 aliphatic heterocycles. The molecule has 0 saturated heterocycles. The molecule has 0 amide bonds. The summed E-state index contributed by atoms with van der Waals surface area (Å²) >= 11 is 0. The maximum Gasteiger partial charge on any atom is 0.331 e. The highest BCUT2D eigenvalue weighted by atomic mass is 16.5. The monoisotopic (exact) mass is 242 g/mol. The topological polar surface area (TPSA) is 52.6 Å². The Labute approximate surface area is 103 Å². The standard InChI is InChI=1S/C13H22O4/c1-4-5-6-7-10-16-12(14)8-9-13(15)17-11(2)3/h8-9,11H,4-7,10H2,1-3H3. The van der Waals surface area contributed by atoms with Gasteiger partial charge < -0.3 is 9.47 Å². The van der Waals surface area contributed by atoms with E-state index in [9.17, 15) is 9.59 Å². The average Bonchev–Trinajstić information content (AvgIpc) is 2.25. The lowest BCUT2D eigenvalue weighted by atomic mass is 10.2. The SMILES string of the molecule is CCCCCCOC(=O)C=CC(=O)OC(C)C. The van der Waals surface area contributed by atoms with Crippen molar-refractivity contribution < 1.29 is 19.1 Å². The molecule has 4 heteroatoms. The molecule has 98 valence electrons. The van der Waals surface area contributed by atoms with Gasteiger partial charge in [-0.1, -0.05) is 26.2 Å². The van der Waals surface area contributed by atoms with Gasteiger partial charge in [0, 0.05) is 12.2 Å². The third kappa shape index (κ3) is 11.0. The zero-order valence-corrected chi connectivity index (χ0v) is 10.9. The maximum atomic E-state index is 11.1. The molecule has 0 aromatic carbocycles. The predicted molar refractivity (Wildman–Crippen MR) is 65.5 cm³/mol. The summed E-state index contributed by atoms with van der Waals surface area (Å²) in [4.78, 5) is 22.2. The van der Waals surface area contributed by atoms with Crippen LogP contribution in [0, 0.1) is 0 Å². The van der Waals surface area contributed by atoms with Crippen molar-refractivity contribution in [3.63, 3.8) is 0 Å². The molecule has 0 saturated carbocycles. The van der Waals surface area contributed by atoms with Crippen LogP contribution in [0.1, 0.15) is 46.5 Å². The summed E-state index contributed by atoms with van der Waals surface area (Å²) in [6.45, 7) is 6.02. The van der Waals surface area contributed by atoms with Crippen molar-refractivity contribution in [3.05, 3.63) is 12.2 Å². The van der Waals surface area contributed by atoms with E-state index < -0.39 is 11.9 Å². The van der Waals surface area contributed by atoms with Crippen molar-refractivity contribution in [2.24, 2.45) is 0 Å². The second kappa shape index (κ2) is 9.87. The highest BCUT2D eigenvalue weighted by molar-refractivity contribution is 5.91. The Hall–Kier alpha value is -1.32. The molecule has 0 aromatic rings. The van der Waals surface area contributed by atoms with E-state index in [2.05, 4.69) is 6.92 Å². The highest BCUT2D eigenvalue weighted by Crippen LogP contribution is 1.99. The molecule has 0 aromatic heterocycles. The minimum atomic E-state index is -0.525. The molecule has 0 heterocycles. The van der Waals surface area contributed by atoms with E-state index in [0.29, 0.717) is 6.61 Å². The van der Waals surface area contributed by atoms with Crippen LogP contribution in [0.15, 0.2) is 12.2 Å². The number of ether oxygens (including phenoxy) is 2. The Balaban J connectivity index is 3.63. The van der Waals surface area contributed by atoms with Gasteiger partial charge in [-0.15, -0.1) is 0 Å². The van der Waals surface area contributed by atoms with E-state index in [1.807, 2.05) is 0 Å². The molecular formula is C13H22O4. The minimum absolute atomic E-state index is 0.183. The van der Waals surface area contributed by atoms with Crippen LogP contribution < -0.4 is 0 Å². The average molecular weight is 242 g/mol. The van der Waals surface area contributed by atoms with Gasteiger partial charge in [0.2, 0.25) is 0 Å². The molecule has 0 spiro atoms. The van der Waals surface area contributed by atoms with Gasteiger partial charge in [0.1, 0.15) is 0 Å². The third-order valence-corrected chi connectivity index (χ3v) is 1.95. The number of unbranched alkanes of at least 4 members (excludes halogenated alkanes) is 3. The number of rotatable bonds is 8. The van der Waals surface area contributed by atoms with Crippen molar-refractivity contribution in [2.45, 2.75) is 52.6 Å². The fourth-order valence-corrected chi connectivity index (χ4v) is 1.16. The van der Waals surface area contributed by atoms with Crippen LogP contribution in [0.2, 0.25) is 0 Å². The van der Waals surface area contributed by atoms with Gasteiger partial charge in [0.05, 0.1) is 12.7 Å². The van der Waals surface area contributed by atoms with E-state index in [4.69, 9.17) is 9.47 Å². The second-order valence-corrected chi connectivity index (χ2v) is 4.05. The van der Waals surface area contributed by atoms with Crippen LogP contribution in [0.4, 0.5) is 0 Å². The Morgan fingerprint density at radius 3 is 2.29 bits per heavy atom. The normalized spacial score (nSPS) is 10.8. The summed E-state index contributed by atoms with van der Waals surface area (Å²) in [5, 5.41) is 0. The number of carbonyl (C=O) groups is 2. The number of carbonyl (C=O) groups excluding carboxylic acids is 2. The fraction of sp³-hybridized carbons (Fsp3) is 0.692. The summed E-state index contributed by atoms with van der Waals surface area (Å²) < 4.78 is 9.74. The highest BCUT2D eigenvalue weighted by Gasteiger charge is 2.02. The molecule has 17 heavy (non-hydrogen) atoms. The van der Waals surface area contributed by atoms with E-state index in [1.54, 1.807) is 13.8 Å². The van der Waals surface area contributed by atoms with Gasteiger partial charge in [-0.25, -0.2) is 9.59 Å². The van der Waals surface area contributed by atoms with Crippen LogP contribution in [0.3, 0.4) is 0 Å². The maximum absolute atomic E-state index is 11.1. The molecule has 0 fully saturated rings. The smallest absolute Gasteiger partial charge is 0.331 e. The van der Waals surface area contributed by atoms with E-state index in [0.717, 1.165) is 37.8 Å². The molecule has 0 aliphatic carbocycles. The lowest BCUT2D eigenvalue weighted by Crippen LogP contribution is -2.09. The second-order valence-electron chi connectivity index (χ2n) is 4.05. The summed E-state index contributed by atoms with van der Waals surface area (Å²) in [6, 6.07) is 0. The minimum Gasteiger partial charge on any atom is -0.463 e. The van der Waals surface area contributed by atoms with Crippen LogP contribution in [0.5, 0.6) is 0 Å². The Kier molecular flexibility index (Phi) is 9.11. The fourth-order valence-electron chi connectivity index (χ4n) is 1.16. The first-order chi connectivity index (χ1) is 8.06. The number of hydrogen-bond acceptors (Lipinski definition) is 4. The Morgan fingerprint density at radius 2 is 1.71 bits per heavy atom. The predicted octanol–water partition coefficient (Wildman–Crippen LogP) is 2.62. The van der Waals surface area contributed by atoms with E-state index in [1.165, 1.54) is 0 Å².